The molecule has 25 heavy (non-hydrogen) atoms. The summed E-state index contributed by atoms with van der Waals surface area (Å²) in [5.74, 6) is 0.718. The highest BCUT2D eigenvalue weighted by atomic mass is 16.1. The molecule has 2 aromatic carbocycles. The average Bonchev–Trinajstić information content (AvgIpc) is 3.09. The van der Waals surface area contributed by atoms with Crippen LogP contribution in [-0.2, 0) is 6.42 Å². The molecule has 124 valence electrons. The van der Waals surface area contributed by atoms with E-state index in [-0.39, 0.29) is 5.56 Å². The van der Waals surface area contributed by atoms with Crippen molar-refractivity contribution < 1.29 is 0 Å². The minimum atomic E-state index is -0.0762. The number of aryl methyl sites for hydroxylation is 2. The summed E-state index contributed by atoms with van der Waals surface area (Å²) < 4.78 is 0. The van der Waals surface area contributed by atoms with Crippen LogP contribution in [0.4, 0.5) is 0 Å². The predicted molar refractivity (Wildman–Crippen MR) is 102 cm³/mol. The molecule has 0 aliphatic carbocycles. The third-order valence-electron chi connectivity index (χ3n) is 4.54. The molecule has 1 N–H and O–H groups in total. The molecular formula is C21H19N3O. The Morgan fingerprint density at radius 1 is 1.04 bits per heavy atom. The molecule has 1 aromatic heterocycles. The van der Waals surface area contributed by atoms with Crippen LogP contribution in [0.1, 0.15) is 29.8 Å². The van der Waals surface area contributed by atoms with Gasteiger partial charge < -0.3 is 4.98 Å². The number of hydrogen-bond acceptors (Lipinski definition) is 3. The van der Waals surface area contributed by atoms with Gasteiger partial charge in [0.2, 0.25) is 0 Å². The highest BCUT2D eigenvalue weighted by Gasteiger charge is 2.13. The minimum Gasteiger partial charge on any atom is -0.310 e. The molecule has 3 aromatic rings. The Hall–Kier alpha value is -3.01. The molecule has 1 aliphatic heterocycles. The molecule has 0 amide bonds. The van der Waals surface area contributed by atoms with Crippen LogP contribution in [0.15, 0.2) is 64.4 Å². The lowest BCUT2D eigenvalue weighted by Crippen LogP contribution is -2.12. The number of benzene rings is 2. The standard InChI is InChI=1S/C21H19N3O/c1-14-6-2-3-7-16(14)19-12-10-15(22-19)11-13-20-23-18-9-5-4-8-17(18)21(25)24-20/h2-9,12H,10-11,13H2,1H3,(H,23,24,25). The van der Waals surface area contributed by atoms with E-state index in [0.29, 0.717) is 11.8 Å². The van der Waals surface area contributed by atoms with Crippen molar-refractivity contribution in [2.75, 3.05) is 0 Å². The first-order valence-electron chi connectivity index (χ1n) is 8.51. The van der Waals surface area contributed by atoms with Gasteiger partial charge in [0.25, 0.3) is 5.56 Å². The summed E-state index contributed by atoms with van der Waals surface area (Å²) >= 11 is 0. The van der Waals surface area contributed by atoms with Crippen LogP contribution in [0.5, 0.6) is 0 Å². The Morgan fingerprint density at radius 2 is 1.84 bits per heavy atom. The van der Waals surface area contributed by atoms with E-state index in [1.165, 1.54) is 11.1 Å². The Kier molecular flexibility index (Phi) is 4.02. The van der Waals surface area contributed by atoms with E-state index >= 15 is 0 Å². The Morgan fingerprint density at radius 3 is 2.72 bits per heavy atom. The van der Waals surface area contributed by atoms with E-state index in [0.717, 1.165) is 35.6 Å². The van der Waals surface area contributed by atoms with E-state index in [2.05, 4.69) is 35.1 Å². The zero-order valence-electron chi connectivity index (χ0n) is 14.1. The Balaban J connectivity index is 1.50. The zero-order chi connectivity index (χ0) is 17.2. The molecule has 1 aliphatic rings. The third kappa shape index (κ3) is 3.15. The fourth-order valence-corrected chi connectivity index (χ4v) is 3.18. The average molecular weight is 329 g/mol. The van der Waals surface area contributed by atoms with Gasteiger partial charge in [-0.1, -0.05) is 42.5 Å². The normalized spacial score (nSPS) is 13.8. The van der Waals surface area contributed by atoms with Crippen LogP contribution in [0, 0.1) is 6.92 Å². The van der Waals surface area contributed by atoms with E-state index in [9.17, 15) is 4.79 Å². The Bertz CT molecular complexity index is 1060. The third-order valence-corrected chi connectivity index (χ3v) is 4.54. The van der Waals surface area contributed by atoms with Crippen LogP contribution in [0.3, 0.4) is 0 Å². The minimum absolute atomic E-state index is 0.0762. The van der Waals surface area contributed by atoms with E-state index in [1.54, 1.807) is 6.07 Å². The lowest BCUT2D eigenvalue weighted by Gasteiger charge is -2.04. The number of fused-ring (bicyclic) bond motifs is 1. The molecule has 4 heteroatoms. The number of aliphatic imine (C=N–C) groups is 1. The van der Waals surface area contributed by atoms with Gasteiger partial charge in [0.05, 0.1) is 16.6 Å². The molecule has 0 radical (unpaired) electrons. The largest absolute Gasteiger partial charge is 0.310 e. The van der Waals surface area contributed by atoms with Crippen LogP contribution in [0.2, 0.25) is 0 Å². The molecule has 0 atom stereocenters. The van der Waals surface area contributed by atoms with Crippen molar-refractivity contribution in [3.63, 3.8) is 0 Å². The van der Waals surface area contributed by atoms with Crippen molar-refractivity contribution in [1.29, 1.82) is 0 Å². The fourth-order valence-electron chi connectivity index (χ4n) is 3.18. The number of allylic oxidation sites excluding steroid dienone is 1. The SMILES string of the molecule is Cc1ccccc1C1=CCC(CCc2nc3ccccc3c(=O)[nH]2)=N1. The van der Waals surface area contributed by atoms with Crippen molar-refractivity contribution >= 4 is 22.3 Å². The van der Waals surface area contributed by atoms with Gasteiger partial charge in [0.1, 0.15) is 5.82 Å². The molecule has 4 nitrogen and oxygen atoms in total. The van der Waals surface area contributed by atoms with Gasteiger partial charge in [-0.3, -0.25) is 9.79 Å². The molecule has 0 saturated carbocycles. The lowest BCUT2D eigenvalue weighted by molar-refractivity contribution is 0.896. The highest BCUT2D eigenvalue weighted by Crippen LogP contribution is 2.26. The first-order chi connectivity index (χ1) is 12.2. The number of nitrogens with zero attached hydrogens (tertiary/aromatic N) is 2. The second-order valence-electron chi connectivity index (χ2n) is 6.32. The van der Waals surface area contributed by atoms with Crippen LogP contribution >= 0.6 is 0 Å². The molecule has 0 spiro atoms. The van der Waals surface area contributed by atoms with Crippen molar-refractivity contribution in [2.24, 2.45) is 4.99 Å². The van der Waals surface area contributed by atoms with Crippen LogP contribution < -0.4 is 5.56 Å². The maximum Gasteiger partial charge on any atom is 0.258 e. The first-order valence-corrected chi connectivity index (χ1v) is 8.51. The van der Waals surface area contributed by atoms with Crippen molar-refractivity contribution in [2.45, 2.75) is 26.2 Å². The second-order valence-corrected chi connectivity index (χ2v) is 6.32. The number of aromatic nitrogens is 2. The van der Waals surface area contributed by atoms with Crippen molar-refractivity contribution in [1.82, 2.24) is 9.97 Å². The monoisotopic (exact) mass is 329 g/mol. The molecule has 0 saturated heterocycles. The summed E-state index contributed by atoms with van der Waals surface area (Å²) in [4.78, 5) is 24.4. The number of hydrogen-bond donors (Lipinski definition) is 1. The molecular weight excluding hydrogens is 310 g/mol. The first kappa shape index (κ1) is 15.5. The fraction of sp³-hybridized carbons (Fsp3) is 0.190. The second kappa shape index (κ2) is 6.48. The number of nitrogens with one attached hydrogen (secondary N) is 1. The predicted octanol–water partition coefficient (Wildman–Crippen LogP) is 4.05. The summed E-state index contributed by atoms with van der Waals surface area (Å²) in [6.45, 7) is 2.10. The van der Waals surface area contributed by atoms with Gasteiger partial charge in [-0.15, -0.1) is 0 Å². The number of para-hydroxylation sites is 1. The van der Waals surface area contributed by atoms with Gasteiger partial charge >= 0.3 is 0 Å². The number of rotatable bonds is 4. The highest BCUT2D eigenvalue weighted by molar-refractivity contribution is 5.96. The zero-order valence-corrected chi connectivity index (χ0v) is 14.1. The van der Waals surface area contributed by atoms with Crippen molar-refractivity contribution in [3.8, 4) is 0 Å². The number of aromatic amines is 1. The van der Waals surface area contributed by atoms with Gasteiger partial charge in [0, 0.05) is 24.1 Å². The molecule has 0 bridgehead atoms. The Labute approximate surface area is 146 Å². The summed E-state index contributed by atoms with van der Waals surface area (Å²) in [6, 6.07) is 15.7. The maximum atomic E-state index is 12.1. The van der Waals surface area contributed by atoms with Gasteiger partial charge in [-0.05, 0) is 31.0 Å². The van der Waals surface area contributed by atoms with Gasteiger partial charge in [-0.25, -0.2) is 4.98 Å². The van der Waals surface area contributed by atoms with Gasteiger partial charge in [-0.2, -0.15) is 0 Å². The summed E-state index contributed by atoms with van der Waals surface area (Å²) in [5, 5.41) is 0.632. The van der Waals surface area contributed by atoms with Gasteiger partial charge in [0.15, 0.2) is 0 Å². The van der Waals surface area contributed by atoms with Crippen LogP contribution in [-0.4, -0.2) is 15.7 Å². The molecule has 2 heterocycles. The van der Waals surface area contributed by atoms with Crippen molar-refractivity contribution in [3.05, 3.63) is 81.9 Å². The maximum absolute atomic E-state index is 12.1. The summed E-state index contributed by atoms with van der Waals surface area (Å²) in [5.41, 5.74) is 5.28. The quantitative estimate of drug-likeness (QED) is 0.785. The molecule has 0 unspecified atom stereocenters. The summed E-state index contributed by atoms with van der Waals surface area (Å²) in [7, 11) is 0. The number of H-pyrrole nitrogens is 1. The molecule has 0 fully saturated rings. The lowest BCUT2D eigenvalue weighted by atomic mass is 10.1. The molecule has 4 rings (SSSR count). The topological polar surface area (TPSA) is 58.1 Å². The van der Waals surface area contributed by atoms with E-state index in [4.69, 9.17) is 4.99 Å². The van der Waals surface area contributed by atoms with Crippen LogP contribution in [0.25, 0.3) is 16.6 Å². The van der Waals surface area contributed by atoms with E-state index in [1.807, 2.05) is 30.3 Å². The summed E-state index contributed by atoms with van der Waals surface area (Å²) in [6.07, 6.45) is 4.52. The smallest absolute Gasteiger partial charge is 0.258 e. The van der Waals surface area contributed by atoms with E-state index < -0.39 is 0 Å².